The smallest absolute Gasteiger partial charge is 0.343 e. The number of ether oxygens (including phenoxy) is 1. The van der Waals surface area contributed by atoms with Crippen LogP contribution < -0.4 is 4.74 Å². The molecule has 0 fully saturated rings. The Morgan fingerprint density at radius 1 is 0.821 bits per heavy atom. The van der Waals surface area contributed by atoms with Crippen LogP contribution in [0.5, 0.6) is 5.75 Å². The Morgan fingerprint density at radius 2 is 1.57 bits per heavy atom. The zero-order valence-electron chi connectivity index (χ0n) is 15.3. The average molecular weight is 367 g/mol. The molecule has 1 heterocycles. The lowest BCUT2D eigenvalue weighted by atomic mass is 10.0. The zero-order chi connectivity index (χ0) is 19.5. The third kappa shape index (κ3) is 3.40. The van der Waals surface area contributed by atoms with Gasteiger partial charge in [0, 0.05) is 6.20 Å². The van der Waals surface area contributed by atoms with E-state index >= 15 is 0 Å². The summed E-state index contributed by atoms with van der Waals surface area (Å²) in [6.07, 6.45) is 1.57. The predicted molar refractivity (Wildman–Crippen MR) is 108 cm³/mol. The van der Waals surface area contributed by atoms with Gasteiger partial charge in [-0.25, -0.2) is 4.79 Å². The molecule has 0 atom stereocenters. The van der Waals surface area contributed by atoms with E-state index in [4.69, 9.17) is 4.74 Å². The van der Waals surface area contributed by atoms with Crippen molar-refractivity contribution in [2.75, 3.05) is 0 Å². The quantitative estimate of drug-likeness (QED) is 0.290. The van der Waals surface area contributed by atoms with Crippen LogP contribution in [0.15, 0.2) is 85.1 Å². The van der Waals surface area contributed by atoms with Crippen LogP contribution in [0, 0.1) is 6.92 Å². The number of carbonyl (C=O) groups is 2. The number of esters is 1. The van der Waals surface area contributed by atoms with Crippen molar-refractivity contribution in [2.45, 2.75) is 6.92 Å². The molecule has 4 aromatic rings. The number of nitrogens with zero attached hydrogens (tertiary/aromatic N) is 1. The number of hydrogen-bond donors (Lipinski definition) is 0. The molecule has 3 aromatic carbocycles. The minimum absolute atomic E-state index is 0.218. The molecule has 4 rings (SSSR count). The highest BCUT2D eigenvalue weighted by atomic mass is 16.5. The van der Waals surface area contributed by atoms with Crippen LogP contribution in [-0.4, -0.2) is 16.7 Å². The number of para-hydroxylation sites is 1. The highest BCUT2D eigenvalue weighted by Gasteiger charge is 2.19. The summed E-state index contributed by atoms with van der Waals surface area (Å²) in [5.74, 6) is -0.570. The van der Waals surface area contributed by atoms with Crippen molar-refractivity contribution in [3.63, 3.8) is 0 Å². The van der Waals surface area contributed by atoms with Gasteiger partial charge in [0.05, 0.1) is 11.1 Å². The number of pyridine rings is 1. The molecule has 0 aliphatic heterocycles. The molecule has 4 nitrogen and oxygen atoms in total. The molecule has 0 saturated carbocycles. The van der Waals surface area contributed by atoms with Crippen LogP contribution in [0.4, 0.5) is 0 Å². The highest BCUT2D eigenvalue weighted by Crippen LogP contribution is 2.24. The molecule has 0 saturated heterocycles. The van der Waals surface area contributed by atoms with Crippen LogP contribution in [0.3, 0.4) is 0 Å². The summed E-state index contributed by atoms with van der Waals surface area (Å²) in [7, 11) is 0. The van der Waals surface area contributed by atoms with Gasteiger partial charge in [0.1, 0.15) is 11.4 Å². The number of aromatic nitrogens is 1. The Kier molecular flexibility index (Phi) is 4.68. The van der Waals surface area contributed by atoms with E-state index in [1.165, 1.54) is 0 Å². The van der Waals surface area contributed by atoms with Gasteiger partial charge in [-0.05, 0) is 53.6 Å². The summed E-state index contributed by atoms with van der Waals surface area (Å²) in [5, 5.41) is 1.99. The maximum atomic E-state index is 12.9. The van der Waals surface area contributed by atoms with Crippen LogP contribution in [-0.2, 0) is 0 Å². The number of aryl methyl sites for hydroxylation is 1. The van der Waals surface area contributed by atoms with Gasteiger partial charge >= 0.3 is 5.97 Å². The average Bonchev–Trinajstić information content (AvgIpc) is 2.73. The van der Waals surface area contributed by atoms with Gasteiger partial charge in [-0.2, -0.15) is 0 Å². The van der Waals surface area contributed by atoms with E-state index < -0.39 is 5.97 Å². The van der Waals surface area contributed by atoms with Crippen molar-refractivity contribution in [3.8, 4) is 5.75 Å². The molecule has 0 bridgehead atoms. The SMILES string of the molecule is Cc1cccnc1C(=O)c1ccccc1OC(=O)c1ccc2ccccc2c1. The zero-order valence-corrected chi connectivity index (χ0v) is 15.3. The van der Waals surface area contributed by atoms with Crippen molar-refractivity contribution in [1.29, 1.82) is 0 Å². The summed E-state index contributed by atoms with van der Waals surface area (Å²) in [5.41, 5.74) is 1.84. The molecule has 0 aliphatic carbocycles. The predicted octanol–water partition coefficient (Wildman–Crippen LogP) is 4.99. The van der Waals surface area contributed by atoms with Crippen molar-refractivity contribution in [3.05, 3.63) is 107 Å². The van der Waals surface area contributed by atoms with Crippen molar-refractivity contribution >= 4 is 22.5 Å². The van der Waals surface area contributed by atoms with E-state index in [1.807, 2.05) is 43.3 Å². The van der Waals surface area contributed by atoms with E-state index in [2.05, 4.69) is 4.98 Å². The minimum atomic E-state index is -0.510. The third-order valence-corrected chi connectivity index (χ3v) is 4.54. The fraction of sp³-hybridized carbons (Fsp3) is 0.0417. The molecular formula is C24H17NO3. The number of benzene rings is 3. The maximum Gasteiger partial charge on any atom is 0.343 e. The normalized spacial score (nSPS) is 10.6. The van der Waals surface area contributed by atoms with Gasteiger partial charge in [0.2, 0.25) is 5.78 Å². The summed E-state index contributed by atoms with van der Waals surface area (Å²) in [6.45, 7) is 1.82. The summed E-state index contributed by atoms with van der Waals surface area (Å²) >= 11 is 0. The second-order valence-electron chi connectivity index (χ2n) is 6.45. The van der Waals surface area contributed by atoms with Crippen molar-refractivity contribution < 1.29 is 14.3 Å². The molecule has 4 heteroatoms. The summed E-state index contributed by atoms with van der Waals surface area (Å²) in [4.78, 5) is 29.8. The Labute approximate surface area is 162 Å². The Balaban J connectivity index is 1.66. The van der Waals surface area contributed by atoms with Gasteiger partial charge in [-0.15, -0.1) is 0 Å². The molecule has 0 aliphatic rings. The van der Waals surface area contributed by atoms with Crippen molar-refractivity contribution in [2.24, 2.45) is 0 Å². The van der Waals surface area contributed by atoms with Crippen LogP contribution >= 0.6 is 0 Å². The van der Waals surface area contributed by atoms with Crippen LogP contribution in [0.25, 0.3) is 10.8 Å². The first-order valence-corrected chi connectivity index (χ1v) is 8.90. The Hall–Kier alpha value is -3.79. The standard InChI is InChI=1S/C24H17NO3/c1-16-7-6-14-25-22(16)23(26)20-10-4-5-11-21(20)28-24(27)19-13-12-17-8-2-3-9-18(17)15-19/h2-15H,1H3. The molecule has 1 aromatic heterocycles. The molecule has 0 N–H and O–H groups in total. The summed E-state index contributed by atoms with van der Waals surface area (Å²) < 4.78 is 5.58. The van der Waals surface area contributed by atoms with Crippen molar-refractivity contribution in [1.82, 2.24) is 4.98 Å². The van der Waals surface area contributed by atoms with E-state index in [9.17, 15) is 9.59 Å². The second-order valence-corrected chi connectivity index (χ2v) is 6.45. The Bertz CT molecular complexity index is 1200. The fourth-order valence-electron chi connectivity index (χ4n) is 3.07. The van der Waals surface area contributed by atoms with Crippen LogP contribution in [0.2, 0.25) is 0 Å². The topological polar surface area (TPSA) is 56.3 Å². The number of rotatable bonds is 4. The van der Waals surface area contributed by atoms with E-state index in [0.717, 1.165) is 16.3 Å². The molecule has 0 spiro atoms. The van der Waals surface area contributed by atoms with E-state index in [0.29, 0.717) is 16.8 Å². The third-order valence-electron chi connectivity index (χ3n) is 4.54. The first-order chi connectivity index (χ1) is 13.6. The van der Waals surface area contributed by atoms with Gasteiger partial charge in [0.15, 0.2) is 0 Å². The molecule has 0 radical (unpaired) electrons. The maximum absolute atomic E-state index is 12.9. The lowest BCUT2D eigenvalue weighted by molar-refractivity contribution is 0.0733. The fourth-order valence-corrected chi connectivity index (χ4v) is 3.07. The molecule has 0 amide bonds. The molecule has 0 unspecified atom stereocenters. The van der Waals surface area contributed by atoms with Gasteiger partial charge < -0.3 is 4.74 Å². The number of fused-ring (bicyclic) bond motifs is 1. The van der Waals surface area contributed by atoms with Gasteiger partial charge in [-0.1, -0.05) is 48.5 Å². The number of carbonyl (C=O) groups excluding carboxylic acids is 2. The first-order valence-electron chi connectivity index (χ1n) is 8.90. The van der Waals surface area contributed by atoms with Gasteiger partial charge in [0.25, 0.3) is 0 Å². The lowest BCUT2D eigenvalue weighted by Gasteiger charge is -2.10. The minimum Gasteiger partial charge on any atom is -0.422 e. The van der Waals surface area contributed by atoms with Gasteiger partial charge in [-0.3, -0.25) is 9.78 Å². The first kappa shape index (κ1) is 17.6. The molecule has 28 heavy (non-hydrogen) atoms. The summed E-state index contributed by atoms with van der Waals surface area (Å²) in [6, 6.07) is 23.5. The monoisotopic (exact) mass is 367 g/mol. The largest absolute Gasteiger partial charge is 0.422 e. The van der Waals surface area contributed by atoms with Crippen LogP contribution in [0.1, 0.15) is 32.0 Å². The molecular weight excluding hydrogens is 350 g/mol. The lowest BCUT2D eigenvalue weighted by Crippen LogP contribution is -2.13. The van der Waals surface area contributed by atoms with E-state index in [1.54, 1.807) is 48.7 Å². The highest BCUT2D eigenvalue weighted by molar-refractivity contribution is 6.11. The van der Waals surface area contributed by atoms with E-state index in [-0.39, 0.29) is 11.5 Å². The Morgan fingerprint density at radius 3 is 2.39 bits per heavy atom. The number of hydrogen-bond acceptors (Lipinski definition) is 4. The number of ketones is 1. The second kappa shape index (κ2) is 7.45. The molecule has 136 valence electrons.